The van der Waals surface area contributed by atoms with Gasteiger partial charge in [0.05, 0.1) is 12.0 Å². The van der Waals surface area contributed by atoms with Crippen molar-refractivity contribution in [1.82, 2.24) is 0 Å². The summed E-state index contributed by atoms with van der Waals surface area (Å²) in [5.74, 6) is 0. The first-order valence-electron chi connectivity index (χ1n) is 18.4. The Labute approximate surface area is 310 Å². The summed E-state index contributed by atoms with van der Waals surface area (Å²) in [5.41, 5.74) is 15.9. The van der Waals surface area contributed by atoms with E-state index in [2.05, 4.69) is 150 Å². The molecule has 4 aromatic carbocycles. The van der Waals surface area contributed by atoms with Gasteiger partial charge in [0.2, 0.25) is 5.69 Å². The fraction of sp³-hybridized carbons (Fsp3) is 0.372. The maximum Gasteiger partial charge on any atom is 0.301 e. The molecule has 1 atom stereocenters. The van der Waals surface area contributed by atoms with E-state index in [1.54, 1.807) is 0 Å². The zero-order valence-corrected chi connectivity index (χ0v) is 31.6. The molecule has 2 heterocycles. The van der Waals surface area contributed by atoms with Crippen LogP contribution >= 0.6 is 0 Å². The zero-order valence-electron chi connectivity index (χ0n) is 30.8. The van der Waals surface area contributed by atoms with Crippen LogP contribution in [0.3, 0.4) is 0 Å². The van der Waals surface area contributed by atoms with Crippen molar-refractivity contribution in [3.8, 4) is 0 Å². The molecule has 1 unspecified atom stereocenters. The number of hydrogen-bond donors (Lipinski definition) is 1. The van der Waals surface area contributed by atoms with E-state index in [-0.39, 0.29) is 17.4 Å². The Morgan fingerprint density at radius 1 is 0.827 bits per heavy atom. The quantitative estimate of drug-likeness (QED) is 0.0237. The van der Waals surface area contributed by atoms with Crippen LogP contribution in [-0.2, 0) is 26.4 Å². The van der Waals surface area contributed by atoms with E-state index in [0.717, 1.165) is 45.2 Å². The molecule has 8 nitrogen and oxygen atoms in total. The van der Waals surface area contributed by atoms with Gasteiger partial charge in [0, 0.05) is 58.9 Å². The number of rotatable bonds is 16. The van der Waals surface area contributed by atoms with Gasteiger partial charge < -0.3 is 4.90 Å². The lowest BCUT2D eigenvalue weighted by Gasteiger charge is -2.27. The van der Waals surface area contributed by atoms with E-state index in [9.17, 15) is 4.21 Å². The SMILES string of the molecule is CC1(C)C(/C=C/C=C/C=C2\N(CCCCOS(=O)O)c3ccc4ccccc4c3C2(C)C)=[N+](CCCCCCN=[N+]=[N-])c2ccc3ccccc3c21. The first-order valence-corrected chi connectivity index (χ1v) is 19.5. The average Bonchev–Trinajstić information content (AvgIpc) is 3.49. The van der Waals surface area contributed by atoms with Crippen molar-refractivity contribution in [2.75, 3.05) is 31.1 Å². The van der Waals surface area contributed by atoms with Crippen LogP contribution in [0.15, 0.2) is 114 Å². The van der Waals surface area contributed by atoms with Gasteiger partial charge in [-0.25, -0.2) is 0 Å². The molecule has 6 rings (SSSR count). The highest BCUT2D eigenvalue weighted by molar-refractivity contribution is 7.74. The highest BCUT2D eigenvalue weighted by Gasteiger charge is 2.45. The van der Waals surface area contributed by atoms with E-state index >= 15 is 0 Å². The Balaban J connectivity index is 1.28. The number of fused-ring (bicyclic) bond motifs is 6. The molecule has 1 N–H and O–H groups in total. The first kappa shape index (κ1) is 37.2. The minimum absolute atomic E-state index is 0.181. The summed E-state index contributed by atoms with van der Waals surface area (Å²) in [7, 11) is 0. The van der Waals surface area contributed by atoms with Crippen LogP contribution in [-0.4, -0.2) is 45.3 Å². The Hall–Kier alpha value is -4.53. The summed E-state index contributed by atoms with van der Waals surface area (Å²) >= 11 is -2.24. The predicted molar refractivity (Wildman–Crippen MR) is 216 cm³/mol. The van der Waals surface area contributed by atoms with Gasteiger partial charge in [-0.2, -0.15) is 8.78 Å². The van der Waals surface area contributed by atoms with Crippen LogP contribution in [0, 0.1) is 0 Å². The summed E-state index contributed by atoms with van der Waals surface area (Å²) < 4.78 is 27.4. The lowest BCUT2D eigenvalue weighted by atomic mass is 9.79. The van der Waals surface area contributed by atoms with Crippen molar-refractivity contribution in [3.63, 3.8) is 0 Å². The zero-order chi connectivity index (χ0) is 36.7. The number of azide groups is 1. The minimum Gasteiger partial charge on any atom is -0.344 e. The van der Waals surface area contributed by atoms with Crippen molar-refractivity contribution in [2.24, 2.45) is 5.11 Å². The van der Waals surface area contributed by atoms with E-state index in [0.29, 0.717) is 13.0 Å². The fourth-order valence-electron chi connectivity index (χ4n) is 8.26. The van der Waals surface area contributed by atoms with Crippen molar-refractivity contribution < 1.29 is 17.5 Å². The molecule has 4 aromatic rings. The van der Waals surface area contributed by atoms with Gasteiger partial charge in [0.15, 0.2) is 5.71 Å². The second-order valence-corrected chi connectivity index (χ2v) is 15.4. The molecule has 0 amide bonds. The van der Waals surface area contributed by atoms with Gasteiger partial charge in [-0.05, 0) is 90.4 Å². The van der Waals surface area contributed by atoms with Crippen LogP contribution < -0.4 is 4.90 Å². The van der Waals surface area contributed by atoms with Gasteiger partial charge >= 0.3 is 11.4 Å². The summed E-state index contributed by atoms with van der Waals surface area (Å²) in [6.45, 7) is 11.8. The highest BCUT2D eigenvalue weighted by atomic mass is 32.2. The number of hydrogen-bond acceptors (Lipinski definition) is 4. The average molecular weight is 717 g/mol. The molecular weight excluding hydrogens is 667 g/mol. The standard InChI is InChI=1S/C43H49N5O3S/c1-42(2)38(47(29-15-6-5-14-28-45-46-44)36-26-24-32-18-10-12-20-34(32)40(36)42)22-8-7-9-23-39-43(3,4)41-35-21-13-11-19-33(35)25-27-37(41)48(39)30-16-17-31-51-52(49)50/h7-13,18-27H,5-6,14-17,28-31H2,1-4H3/p+1. The lowest BCUT2D eigenvalue weighted by Crippen LogP contribution is -2.28. The lowest BCUT2D eigenvalue weighted by molar-refractivity contribution is -0.438. The van der Waals surface area contributed by atoms with E-state index in [4.69, 9.17) is 14.3 Å². The molecule has 0 saturated carbocycles. The van der Waals surface area contributed by atoms with Gasteiger partial charge in [0.1, 0.15) is 6.54 Å². The van der Waals surface area contributed by atoms with Gasteiger partial charge in [-0.1, -0.05) is 98.2 Å². The molecule has 9 heteroatoms. The smallest absolute Gasteiger partial charge is 0.301 e. The van der Waals surface area contributed by atoms with Crippen LogP contribution in [0.5, 0.6) is 0 Å². The number of benzene rings is 4. The van der Waals surface area contributed by atoms with Crippen LogP contribution in [0.25, 0.3) is 32.0 Å². The molecule has 270 valence electrons. The monoisotopic (exact) mass is 716 g/mol. The van der Waals surface area contributed by atoms with Crippen molar-refractivity contribution in [1.29, 1.82) is 0 Å². The van der Waals surface area contributed by atoms with E-state index in [1.165, 1.54) is 55.5 Å². The van der Waals surface area contributed by atoms with Crippen LogP contribution in [0.2, 0.25) is 0 Å². The van der Waals surface area contributed by atoms with Crippen molar-refractivity contribution in [3.05, 3.63) is 130 Å². The maximum absolute atomic E-state index is 11.0. The number of allylic oxidation sites excluding steroid dienone is 6. The van der Waals surface area contributed by atoms with Crippen LogP contribution in [0.1, 0.15) is 77.3 Å². The normalized spacial score (nSPS) is 17.5. The molecule has 2 aliphatic rings. The fourth-order valence-corrected chi connectivity index (χ4v) is 8.52. The molecule has 52 heavy (non-hydrogen) atoms. The predicted octanol–water partition coefficient (Wildman–Crippen LogP) is 11.0. The Kier molecular flexibility index (Phi) is 11.8. The minimum atomic E-state index is -2.24. The Morgan fingerprint density at radius 3 is 2.25 bits per heavy atom. The molecule has 2 aliphatic heterocycles. The van der Waals surface area contributed by atoms with E-state index < -0.39 is 11.4 Å². The first-order chi connectivity index (χ1) is 25.2. The Morgan fingerprint density at radius 2 is 1.52 bits per heavy atom. The summed E-state index contributed by atoms with van der Waals surface area (Å²) in [5, 5.41) is 8.76. The largest absolute Gasteiger partial charge is 0.344 e. The number of nitrogens with zero attached hydrogens (tertiary/aromatic N) is 5. The summed E-state index contributed by atoms with van der Waals surface area (Å²) in [6, 6.07) is 26.3. The van der Waals surface area contributed by atoms with E-state index in [1.807, 2.05) is 0 Å². The second-order valence-electron chi connectivity index (χ2n) is 14.7. The molecule has 0 bridgehead atoms. The molecule has 0 aromatic heterocycles. The van der Waals surface area contributed by atoms with Crippen molar-refractivity contribution >= 4 is 50.0 Å². The maximum atomic E-state index is 11.0. The molecule has 0 aliphatic carbocycles. The number of anilines is 1. The topological polar surface area (TPSA) is 102 Å². The molecule has 0 radical (unpaired) electrons. The molecule has 0 fully saturated rings. The molecule has 0 spiro atoms. The third-order valence-corrected chi connectivity index (χ3v) is 11.0. The summed E-state index contributed by atoms with van der Waals surface area (Å²) in [6.07, 6.45) is 16.6. The highest BCUT2D eigenvalue weighted by Crippen LogP contribution is 2.51. The Bertz CT molecular complexity index is 2140. The molecule has 0 saturated heterocycles. The van der Waals surface area contributed by atoms with Crippen LogP contribution in [0.4, 0.5) is 11.4 Å². The second kappa shape index (κ2) is 16.4. The van der Waals surface area contributed by atoms with Gasteiger partial charge in [0.25, 0.3) is 0 Å². The van der Waals surface area contributed by atoms with Gasteiger partial charge in [-0.3, -0.25) is 8.74 Å². The third-order valence-electron chi connectivity index (χ3n) is 10.7. The van der Waals surface area contributed by atoms with Crippen molar-refractivity contribution in [2.45, 2.75) is 77.0 Å². The third kappa shape index (κ3) is 7.64. The van der Waals surface area contributed by atoms with Gasteiger partial charge in [-0.15, -0.1) is 0 Å². The summed E-state index contributed by atoms with van der Waals surface area (Å²) in [4.78, 5) is 5.30. The number of unbranched alkanes of at least 4 members (excludes halogenated alkanes) is 4. The molecular formula is C43H50N5O3S+.